The minimum Gasteiger partial charge on any atom is -0.329 e. The number of pyridine rings is 1. The molecule has 3 aromatic rings. The molecule has 1 amide bonds. The van der Waals surface area contributed by atoms with E-state index in [9.17, 15) is 4.79 Å². The highest BCUT2D eigenvalue weighted by atomic mass is 35.5. The summed E-state index contributed by atoms with van der Waals surface area (Å²) in [4.78, 5) is 24.1. The molecule has 10 heteroatoms. The SMILES string of the molecule is CC(c1ncnn1-c1ccc(C#N)cn1)N(CC[Si](C)(C)C)C(=O)c1cc(Cl)cc(Cl)c1. The van der Waals surface area contributed by atoms with Crippen molar-refractivity contribution in [1.29, 1.82) is 5.26 Å². The molecule has 166 valence electrons. The van der Waals surface area contributed by atoms with Crippen LogP contribution in [0.25, 0.3) is 5.82 Å². The van der Waals surface area contributed by atoms with Crippen LogP contribution in [0.5, 0.6) is 0 Å². The van der Waals surface area contributed by atoms with Crippen LogP contribution in [0.4, 0.5) is 0 Å². The number of nitrogens with zero attached hydrogens (tertiary/aromatic N) is 6. The zero-order valence-electron chi connectivity index (χ0n) is 18.4. The van der Waals surface area contributed by atoms with Gasteiger partial charge < -0.3 is 4.90 Å². The van der Waals surface area contributed by atoms with E-state index in [2.05, 4.69) is 34.7 Å². The number of aromatic nitrogens is 4. The van der Waals surface area contributed by atoms with E-state index < -0.39 is 14.1 Å². The molecule has 0 aliphatic carbocycles. The largest absolute Gasteiger partial charge is 0.329 e. The summed E-state index contributed by atoms with van der Waals surface area (Å²) in [7, 11) is -1.44. The molecule has 32 heavy (non-hydrogen) atoms. The maximum atomic E-state index is 13.5. The number of halogens is 2. The van der Waals surface area contributed by atoms with Gasteiger partial charge in [0, 0.05) is 36.4 Å². The molecule has 2 heterocycles. The van der Waals surface area contributed by atoms with E-state index in [-0.39, 0.29) is 5.91 Å². The number of amides is 1. The summed E-state index contributed by atoms with van der Waals surface area (Å²) in [6.45, 7) is 9.27. The van der Waals surface area contributed by atoms with E-state index in [1.807, 2.05) is 13.0 Å². The Balaban J connectivity index is 1.99. The molecular formula is C22H24Cl2N6OSi. The molecule has 0 spiro atoms. The summed E-state index contributed by atoms with van der Waals surface area (Å²) in [6, 6.07) is 10.8. The summed E-state index contributed by atoms with van der Waals surface area (Å²) < 4.78 is 1.59. The van der Waals surface area contributed by atoms with Crippen LogP contribution in [-0.2, 0) is 0 Å². The van der Waals surface area contributed by atoms with Crippen molar-refractivity contribution >= 4 is 37.2 Å². The van der Waals surface area contributed by atoms with Gasteiger partial charge in [-0.25, -0.2) is 9.97 Å². The fraction of sp³-hybridized carbons (Fsp3) is 0.318. The predicted octanol–water partition coefficient (Wildman–Crippen LogP) is 5.38. The molecule has 7 nitrogen and oxygen atoms in total. The highest BCUT2D eigenvalue weighted by molar-refractivity contribution is 6.76. The van der Waals surface area contributed by atoms with Gasteiger partial charge in [0.2, 0.25) is 0 Å². The van der Waals surface area contributed by atoms with E-state index in [1.54, 1.807) is 39.9 Å². The minimum absolute atomic E-state index is 0.178. The fourth-order valence-electron chi connectivity index (χ4n) is 3.20. The summed E-state index contributed by atoms with van der Waals surface area (Å²) >= 11 is 12.3. The monoisotopic (exact) mass is 486 g/mol. The standard InChI is InChI=1S/C22H24Cl2N6OSi/c1-15(21-27-14-28-30(21)20-6-5-16(12-25)13-26-20)29(7-8-32(2,3)4)22(31)17-9-18(23)11-19(24)10-17/h5-6,9-11,13-15H,7-8H2,1-4H3. The molecule has 1 aromatic carbocycles. The molecule has 1 atom stereocenters. The second-order valence-corrected chi connectivity index (χ2v) is 15.2. The second kappa shape index (κ2) is 9.82. The van der Waals surface area contributed by atoms with Gasteiger partial charge in [0.25, 0.3) is 5.91 Å². The molecule has 2 aromatic heterocycles. The van der Waals surface area contributed by atoms with Crippen LogP contribution in [-0.4, -0.2) is 45.2 Å². The minimum atomic E-state index is -1.44. The number of nitriles is 1. The fourth-order valence-corrected chi connectivity index (χ4v) is 4.64. The smallest absolute Gasteiger partial charge is 0.254 e. The number of hydrogen-bond acceptors (Lipinski definition) is 5. The molecule has 0 saturated heterocycles. The van der Waals surface area contributed by atoms with E-state index in [1.165, 1.54) is 12.5 Å². The lowest BCUT2D eigenvalue weighted by Gasteiger charge is -2.31. The Bertz CT molecular complexity index is 1130. The number of hydrogen-bond donors (Lipinski definition) is 0. The quantitative estimate of drug-likeness (QED) is 0.418. The van der Waals surface area contributed by atoms with Gasteiger partial charge in [-0.05, 0) is 43.3 Å². The highest BCUT2D eigenvalue weighted by Crippen LogP contribution is 2.27. The van der Waals surface area contributed by atoms with Crippen LogP contribution < -0.4 is 0 Å². The Morgan fingerprint density at radius 2 is 1.88 bits per heavy atom. The molecule has 0 aliphatic heterocycles. The molecule has 0 saturated carbocycles. The first-order valence-corrected chi connectivity index (χ1v) is 14.6. The van der Waals surface area contributed by atoms with Crippen LogP contribution in [0.15, 0.2) is 42.9 Å². The van der Waals surface area contributed by atoms with Crippen molar-refractivity contribution in [3.63, 3.8) is 0 Å². The zero-order chi connectivity index (χ0) is 23.5. The lowest BCUT2D eigenvalue weighted by molar-refractivity contribution is 0.0692. The van der Waals surface area contributed by atoms with E-state index >= 15 is 0 Å². The van der Waals surface area contributed by atoms with Gasteiger partial charge in [0.05, 0.1) is 11.6 Å². The lowest BCUT2D eigenvalue weighted by Crippen LogP contribution is -2.38. The number of benzene rings is 1. The Morgan fingerprint density at radius 3 is 2.44 bits per heavy atom. The van der Waals surface area contributed by atoms with Gasteiger partial charge in [0.1, 0.15) is 12.4 Å². The molecule has 0 N–H and O–H groups in total. The van der Waals surface area contributed by atoms with Crippen molar-refractivity contribution in [3.05, 3.63) is 69.9 Å². The van der Waals surface area contributed by atoms with E-state index in [0.29, 0.717) is 39.4 Å². The third-order valence-corrected chi connectivity index (χ3v) is 7.14. The summed E-state index contributed by atoms with van der Waals surface area (Å²) in [5, 5.41) is 14.1. The van der Waals surface area contributed by atoms with Crippen molar-refractivity contribution in [1.82, 2.24) is 24.6 Å². The predicted molar refractivity (Wildman–Crippen MR) is 128 cm³/mol. The Kier molecular flexibility index (Phi) is 7.34. The van der Waals surface area contributed by atoms with Crippen molar-refractivity contribution in [2.75, 3.05) is 6.54 Å². The zero-order valence-corrected chi connectivity index (χ0v) is 20.9. The van der Waals surface area contributed by atoms with Crippen LogP contribution >= 0.6 is 23.2 Å². The maximum Gasteiger partial charge on any atom is 0.254 e. The Morgan fingerprint density at radius 1 is 1.19 bits per heavy atom. The Labute approximate surface area is 198 Å². The van der Waals surface area contributed by atoms with Gasteiger partial charge in [-0.3, -0.25) is 4.79 Å². The average Bonchev–Trinajstić information content (AvgIpc) is 3.22. The third kappa shape index (κ3) is 5.74. The van der Waals surface area contributed by atoms with Crippen LogP contribution in [0.2, 0.25) is 35.7 Å². The summed E-state index contributed by atoms with van der Waals surface area (Å²) in [6.07, 6.45) is 2.91. The number of carbonyl (C=O) groups excluding carboxylic acids is 1. The molecule has 3 rings (SSSR count). The van der Waals surface area contributed by atoms with Gasteiger partial charge in [0.15, 0.2) is 11.6 Å². The topological polar surface area (TPSA) is 87.7 Å². The van der Waals surface area contributed by atoms with Gasteiger partial charge in [-0.1, -0.05) is 42.8 Å². The van der Waals surface area contributed by atoms with Crippen LogP contribution in [0, 0.1) is 11.3 Å². The number of carbonyl (C=O) groups is 1. The van der Waals surface area contributed by atoms with Gasteiger partial charge in [-0.2, -0.15) is 15.0 Å². The summed E-state index contributed by atoms with van der Waals surface area (Å²) in [5.41, 5.74) is 0.876. The molecule has 0 fully saturated rings. The van der Waals surface area contributed by atoms with Crippen molar-refractivity contribution in [3.8, 4) is 11.9 Å². The van der Waals surface area contributed by atoms with Crippen LogP contribution in [0.3, 0.4) is 0 Å². The average molecular weight is 487 g/mol. The first-order chi connectivity index (χ1) is 15.1. The number of rotatable bonds is 7. The first-order valence-electron chi connectivity index (χ1n) is 10.1. The van der Waals surface area contributed by atoms with E-state index in [4.69, 9.17) is 28.5 Å². The third-order valence-electron chi connectivity index (χ3n) is 4.98. The molecule has 0 bridgehead atoms. The molecule has 1 unspecified atom stereocenters. The van der Waals surface area contributed by atoms with Crippen LogP contribution in [0.1, 0.15) is 34.7 Å². The molecule has 0 radical (unpaired) electrons. The first kappa shape index (κ1) is 23.9. The molecule has 0 aliphatic rings. The normalized spacial score (nSPS) is 12.3. The Hall–Kier alpha value is -2.73. The maximum absolute atomic E-state index is 13.5. The molecular weight excluding hydrogens is 463 g/mol. The lowest BCUT2D eigenvalue weighted by atomic mass is 10.1. The van der Waals surface area contributed by atoms with Crippen molar-refractivity contribution in [2.24, 2.45) is 0 Å². The highest BCUT2D eigenvalue weighted by Gasteiger charge is 2.29. The summed E-state index contributed by atoms with van der Waals surface area (Å²) in [5.74, 6) is 0.911. The van der Waals surface area contributed by atoms with Gasteiger partial charge >= 0.3 is 0 Å². The van der Waals surface area contributed by atoms with E-state index in [0.717, 1.165) is 6.04 Å². The van der Waals surface area contributed by atoms with Crippen molar-refractivity contribution < 1.29 is 4.79 Å². The van der Waals surface area contributed by atoms with Gasteiger partial charge in [-0.15, -0.1) is 0 Å². The van der Waals surface area contributed by atoms with Crippen molar-refractivity contribution in [2.45, 2.75) is 38.7 Å². The second-order valence-electron chi connectivity index (χ2n) is 8.69.